The Morgan fingerprint density at radius 2 is 2.36 bits per heavy atom. The Labute approximate surface area is 89.2 Å². The fraction of sp³-hybridized carbons (Fsp3) is 0.778. The molecule has 0 spiro atoms. The van der Waals surface area contributed by atoms with Gasteiger partial charge in [0.2, 0.25) is 5.28 Å². The summed E-state index contributed by atoms with van der Waals surface area (Å²) in [7, 11) is 0. The first-order valence-electron chi connectivity index (χ1n) is 4.81. The smallest absolute Gasteiger partial charge is 0.224 e. The van der Waals surface area contributed by atoms with Crippen LogP contribution in [0.1, 0.15) is 20.3 Å². The fourth-order valence-electron chi connectivity index (χ4n) is 1.05. The Hall–Kier alpha value is -0.610. The van der Waals surface area contributed by atoms with Gasteiger partial charge in [-0.15, -0.1) is 10.2 Å². The Balaban J connectivity index is 2.08. The van der Waals surface area contributed by atoms with E-state index in [9.17, 15) is 0 Å². The van der Waals surface area contributed by atoms with Crippen LogP contribution < -0.4 is 0 Å². The predicted octanol–water partition coefficient (Wildman–Crippen LogP) is 1.99. The van der Waals surface area contributed by atoms with E-state index in [0.717, 1.165) is 26.2 Å². The molecule has 4 nitrogen and oxygen atoms in total. The molecule has 1 aromatic heterocycles. The minimum Gasteiger partial charge on any atom is -0.381 e. The van der Waals surface area contributed by atoms with E-state index in [1.54, 1.807) is 10.9 Å². The van der Waals surface area contributed by atoms with E-state index in [1.165, 1.54) is 0 Å². The van der Waals surface area contributed by atoms with Crippen LogP contribution in [0.15, 0.2) is 6.33 Å². The predicted molar refractivity (Wildman–Crippen MR) is 55.3 cm³/mol. The number of halogens is 1. The maximum atomic E-state index is 5.75. The summed E-state index contributed by atoms with van der Waals surface area (Å²) in [6.07, 6.45) is 2.56. The summed E-state index contributed by atoms with van der Waals surface area (Å²) < 4.78 is 7.24. The van der Waals surface area contributed by atoms with Gasteiger partial charge in [0.1, 0.15) is 6.33 Å². The van der Waals surface area contributed by atoms with Gasteiger partial charge in [0, 0.05) is 19.8 Å². The van der Waals surface area contributed by atoms with E-state index in [2.05, 4.69) is 24.0 Å². The van der Waals surface area contributed by atoms with E-state index in [0.29, 0.717) is 11.2 Å². The molecular formula is C9H16ClN3O. The molecule has 0 saturated heterocycles. The highest BCUT2D eigenvalue weighted by molar-refractivity contribution is 6.28. The number of hydrogen-bond acceptors (Lipinski definition) is 3. The van der Waals surface area contributed by atoms with Gasteiger partial charge < -0.3 is 9.30 Å². The zero-order valence-corrected chi connectivity index (χ0v) is 9.37. The lowest BCUT2D eigenvalue weighted by Gasteiger charge is -2.06. The molecule has 1 heterocycles. The highest BCUT2D eigenvalue weighted by Gasteiger charge is 1.99. The summed E-state index contributed by atoms with van der Waals surface area (Å²) in [5.74, 6) is 0.591. The average Bonchev–Trinajstić information content (AvgIpc) is 2.51. The van der Waals surface area contributed by atoms with E-state index in [-0.39, 0.29) is 0 Å². The topological polar surface area (TPSA) is 39.9 Å². The second-order valence-electron chi connectivity index (χ2n) is 3.62. The van der Waals surface area contributed by atoms with Gasteiger partial charge >= 0.3 is 0 Å². The molecule has 0 amide bonds. The zero-order valence-electron chi connectivity index (χ0n) is 8.61. The van der Waals surface area contributed by atoms with Gasteiger partial charge in [0.05, 0.1) is 0 Å². The standard InChI is InChI=1S/C9H16ClN3O/c1-8(2)6-14-5-3-4-13-7-11-12-9(13)10/h7-8H,3-6H2,1-2H3. The second kappa shape index (κ2) is 5.98. The lowest BCUT2D eigenvalue weighted by molar-refractivity contribution is 0.105. The molecule has 0 aromatic carbocycles. The van der Waals surface area contributed by atoms with Gasteiger partial charge in [0.25, 0.3) is 0 Å². The minimum absolute atomic E-state index is 0.439. The van der Waals surface area contributed by atoms with Crippen molar-refractivity contribution in [2.24, 2.45) is 5.92 Å². The third-order valence-electron chi connectivity index (χ3n) is 1.71. The number of ether oxygens (including phenoxy) is 1. The summed E-state index contributed by atoms with van der Waals surface area (Å²) in [6, 6.07) is 0. The van der Waals surface area contributed by atoms with Crippen LogP contribution in [-0.2, 0) is 11.3 Å². The third kappa shape index (κ3) is 4.07. The van der Waals surface area contributed by atoms with Crippen LogP contribution in [-0.4, -0.2) is 28.0 Å². The van der Waals surface area contributed by atoms with Crippen LogP contribution in [0.4, 0.5) is 0 Å². The molecule has 14 heavy (non-hydrogen) atoms. The Kier molecular flexibility index (Phi) is 4.90. The Morgan fingerprint density at radius 1 is 1.57 bits per heavy atom. The van der Waals surface area contributed by atoms with E-state index in [4.69, 9.17) is 16.3 Å². The van der Waals surface area contributed by atoms with Crippen molar-refractivity contribution in [3.05, 3.63) is 11.6 Å². The van der Waals surface area contributed by atoms with Crippen LogP contribution >= 0.6 is 11.6 Å². The molecule has 0 radical (unpaired) electrons. The minimum atomic E-state index is 0.439. The second-order valence-corrected chi connectivity index (χ2v) is 3.95. The first-order valence-corrected chi connectivity index (χ1v) is 5.19. The van der Waals surface area contributed by atoms with Crippen LogP contribution in [0, 0.1) is 5.92 Å². The SMILES string of the molecule is CC(C)COCCCn1cnnc1Cl. The Morgan fingerprint density at radius 3 is 2.93 bits per heavy atom. The van der Waals surface area contributed by atoms with Gasteiger partial charge in [-0.25, -0.2) is 0 Å². The monoisotopic (exact) mass is 217 g/mol. The molecule has 5 heteroatoms. The van der Waals surface area contributed by atoms with Crippen LogP contribution in [0.2, 0.25) is 5.28 Å². The van der Waals surface area contributed by atoms with Gasteiger partial charge in [-0.2, -0.15) is 0 Å². The molecular weight excluding hydrogens is 202 g/mol. The van der Waals surface area contributed by atoms with Crippen molar-refractivity contribution in [1.29, 1.82) is 0 Å². The van der Waals surface area contributed by atoms with E-state index in [1.807, 2.05) is 0 Å². The maximum absolute atomic E-state index is 5.75. The number of nitrogens with zero attached hydrogens (tertiary/aromatic N) is 3. The summed E-state index contributed by atoms with van der Waals surface area (Å²) in [5.41, 5.74) is 0. The molecule has 80 valence electrons. The molecule has 0 fully saturated rings. The molecule has 0 saturated carbocycles. The van der Waals surface area contributed by atoms with Crippen molar-refractivity contribution >= 4 is 11.6 Å². The quantitative estimate of drug-likeness (QED) is 0.685. The molecule has 1 rings (SSSR count). The molecule has 0 unspecified atom stereocenters. The van der Waals surface area contributed by atoms with Gasteiger partial charge in [-0.3, -0.25) is 0 Å². The number of aryl methyl sites for hydroxylation is 1. The number of hydrogen-bond donors (Lipinski definition) is 0. The summed E-state index contributed by atoms with van der Waals surface area (Å²) >= 11 is 5.75. The van der Waals surface area contributed by atoms with Crippen LogP contribution in [0.25, 0.3) is 0 Å². The van der Waals surface area contributed by atoms with Crippen molar-refractivity contribution in [2.75, 3.05) is 13.2 Å². The summed E-state index contributed by atoms with van der Waals surface area (Å²) in [6.45, 7) is 6.65. The van der Waals surface area contributed by atoms with Crippen LogP contribution in [0.5, 0.6) is 0 Å². The first kappa shape index (κ1) is 11.5. The third-order valence-corrected chi connectivity index (χ3v) is 2.00. The molecule has 0 aliphatic heterocycles. The van der Waals surface area contributed by atoms with E-state index < -0.39 is 0 Å². The highest BCUT2D eigenvalue weighted by Crippen LogP contribution is 2.03. The fourth-order valence-corrected chi connectivity index (χ4v) is 1.22. The van der Waals surface area contributed by atoms with Crippen molar-refractivity contribution in [3.63, 3.8) is 0 Å². The molecule has 0 atom stereocenters. The van der Waals surface area contributed by atoms with Crippen molar-refractivity contribution in [2.45, 2.75) is 26.8 Å². The molecule has 1 aromatic rings. The lowest BCUT2D eigenvalue weighted by Crippen LogP contribution is -2.06. The van der Waals surface area contributed by atoms with Crippen molar-refractivity contribution in [3.8, 4) is 0 Å². The van der Waals surface area contributed by atoms with Gasteiger partial charge in [-0.1, -0.05) is 13.8 Å². The van der Waals surface area contributed by atoms with Crippen molar-refractivity contribution < 1.29 is 4.74 Å². The first-order chi connectivity index (χ1) is 6.70. The summed E-state index contributed by atoms with van der Waals surface area (Å²) in [4.78, 5) is 0. The molecule has 0 aliphatic carbocycles. The molecule has 0 N–H and O–H groups in total. The number of aromatic nitrogens is 3. The highest BCUT2D eigenvalue weighted by atomic mass is 35.5. The van der Waals surface area contributed by atoms with Gasteiger partial charge in [0.15, 0.2) is 0 Å². The molecule has 0 aliphatic rings. The largest absolute Gasteiger partial charge is 0.381 e. The zero-order chi connectivity index (χ0) is 10.4. The van der Waals surface area contributed by atoms with Crippen LogP contribution in [0.3, 0.4) is 0 Å². The van der Waals surface area contributed by atoms with Gasteiger partial charge in [-0.05, 0) is 23.9 Å². The number of rotatable bonds is 6. The maximum Gasteiger partial charge on any atom is 0.224 e. The molecule has 0 bridgehead atoms. The van der Waals surface area contributed by atoms with E-state index >= 15 is 0 Å². The Bertz CT molecular complexity index is 262. The van der Waals surface area contributed by atoms with Crippen molar-refractivity contribution in [1.82, 2.24) is 14.8 Å². The normalized spacial score (nSPS) is 11.1. The lowest BCUT2D eigenvalue weighted by atomic mass is 10.2. The summed E-state index contributed by atoms with van der Waals surface area (Å²) in [5, 5.41) is 7.81. The average molecular weight is 218 g/mol.